The van der Waals surface area contributed by atoms with Gasteiger partial charge in [0.15, 0.2) is 0 Å². The lowest BCUT2D eigenvalue weighted by molar-refractivity contribution is 0.660. The summed E-state index contributed by atoms with van der Waals surface area (Å²) < 4.78 is 0. The number of rotatable bonds is 5. The van der Waals surface area contributed by atoms with Gasteiger partial charge in [-0.1, -0.05) is 190 Å². The number of hydrogen-bond donors (Lipinski definition) is 0. The lowest BCUT2D eigenvalue weighted by Crippen LogP contribution is -2.26. The third-order valence-electron chi connectivity index (χ3n) is 13.5. The molecule has 0 aromatic heterocycles. The van der Waals surface area contributed by atoms with Crippen molar-refractivity contribution in [1.82, 2.24) is 0 Å². The molecule has 1 spiro atoms. The molecule has 0 aliphatic heterocycles. The molecule has 3 aliphatic rings. The zero-order valence-corrected chi connectivity index (χ0v) is 33.2. The highest BCUT2D eigenvalue weighted by Gasteiger charge is 2.51. The van der Waals surface area contributed by atoms with Crippen LogP contribution < -0.4 is 4.90 Å². The summed E-state index contributed by atoms with van der Waals surface area (Å²) in [7, 11) is 0. The highest BCUT2D eigenvalue weighted by atomic mass is 15.1. The van der Waals surface area contributed by atoms with Gasteiger partial charge < -0.3 is 4.90 Å². The predicted molar refractivity (Wildman–Crippen MR) is 246 cm³/mol. The van der Waals surface area contributed by atoms with Gasteiger partial charge in [0.1, 0.15) is 0 Å². The van der Waals surface area contributed by atoms with Crippen LogP contribution in [0.3, 0.4) is 0 Å². The minimum Gasteiger partial charge on any atom is -0.310 e. The van der Waals surface area contributed by atoms with E-state index in [0.29, 0.717) is 0 Å². The van der Waals surface area contributed by atoms with Crippen LogP contribution in [0.15, 0.2) is 212 Å². The molecule has 0 atom stereocenters. The fourth-order valence-electron chi connectivity index (χ4n) is 11.0. The number of nitrogens with zero attached hydrogens (tertiary/aromatic N) is 1. The Morgan fingerprint density at radius 2 is 0.780 bits per heavy atom. The van der Waals surface area contributed by atoms with Crippen LogP contribution in [0.4, 0.5) is 17.1 Å². The van der Waals surface area contributed by atoms with E-state index in [1.165, 1.54) is 89.0 Å². The summed E-state index contributed by atoms with van der Waals surface area (Å²) in [5.74, 6) is 0. The molecule has 278 valence electrons. The number of hydrogen-bond acceptors (Lipinski definition) is 1. The smallest absolute Gasteiger partial charge is 0.0726 e. The average Bonchev–Trinajstić information content (AvgIpc) is 3.85. The van der Waals surface area contributed by atoms with Gasteiger partial charge in [-0.3, -0.25) is 0 Å². The van der Waals surface area contributed by atoms with Crippen LogP contribution in [0.1, 0.15) is 47.2 Å². The van der Waals surface area contributed by atoms with Crippen molar-refractivity contribution in [2.45, 2.75) is 24.7 Å². The van der Waals surface area contributed by atoms with Crippen LogP contribution in [-0.4, -0.2) is 0 Å². The van der Waals surface area contributed by atoms with E-state index >= 15 is 0 Å². The molecule has 0 saturated carbocycles. The fraction of sp³-hybridized carbons (Fsp3) is 0.0690. The van der Waals surface area contributed by atoms with Gasteiger partial charge in [-0.05, 0) is 120 Å². The summed E-state index contributed by atoms with van der Waals surface area (Å²) in [5, 5.41) is 0. The van der Waals surface area contributed by atoms with Crippen LogP contribution >= 0.6 is 0 Å². The summed E-state index contributed by atoms with van der Waals surface area (Å²) in [5.41, 5.74) is 23.7. The Morgan fingerprint density at radius 1 is 0.305 bits per heavy atom. The molecule has 0 fully saturated rings. The molecule has 9 aromatic carbocycles. The minimum atomic E-state index is -0.438. The van der Waals surface area contributed by atoms with Crippen molar-refractivity contribution < 1.29 is 0 Å². The number of fused-ring (bicyclic) bond motifs is 13. The van der Waals surface area contributed by atoms with Crippen LogP contribution in [-0.2, 0) is 10.8 Å². The first kappa shape index (κ1) is 33.9. The lowest BCUT2D eigenvalue weighted by Gasteiger charge is -2.33. The SMILES string of the molecule is CC1(C)c2ccccc2-c2ccc(-c3c(-c4ccccc4)cccc3N(c3ccccc3)c3ccc4c(c3)C3(c5ccccc5-c5ccccc53)c3ccccc3-4)cc21. The molecule has 0 heterocycles. The van der Waals surface area contributed by atoms with E-state index in [1.54, 1.807) is 0 Å². The van der Waals surface area contributed by atoms with Gasteiger partial charge in [-0.25, -0.2) is 0 Å². The van der Waals surface area contributed by atoms with Gasteiger partial charge >= 0.3 is 0 Å². The molecular weight excluding hydrogens is 711 g/mol. The lowest BCUT2D eigenvalue weighted by atomic mass is 9.70. The van der Waals surface area contributed by atoms with Gasteiger partial charge in [0.25, 0.3) is 0 Å². The summed E-state index contributed by atoms with van der Waals surface area (Å²) in [4.78, 5) is 2.50. The summed E-state index contributed by atoms with van der Waals surface area (Å²) in [6.07, 6.45) is 0. The van der Waals surface area contributed by atoms with Crippen LogP contribution in [0.25, 0.3) is 55.6 Å². The van der Waals surface area contributed by atoms with Gasteiger partial charge in [0, 0.05) is 22.4 Å². The molecule has 0 amide bonds. The maximum absolute atomic E-state index is 2.50. The van der Waals surface area contributed by atoms with Gasteiger partial charge in [-0.15, -0.1) is 0 Å². The highest BCUT2D eigenvalue weighted by Crippen LogP contribution is 2.63. The standard InChI is InChI=1S/C58H41N/c1-57(2)49-27-13-9-22-43(49)47-34-32-39(36-53(47)57)56-42(38-18-5-3-6-19-38)26-17-31-55(56)59(40-20-7-4-8-21-40)41-33-35-48-46-25-12-16-30-52(46)58(54(48)37-41)50-28-14-10-23-44(50)45-24-11-15-29-51(45)58/h3-37H,1-2H3. The molecule has 3 aliphatic carbocycles. The second-order valence-corrected chi connectivity index (χ2v) is 16.8. The third kappa shape index (κ3) is 4.67. The summed E-state index contributed by atoms with van der Waals surface area (Å²) >= 11 is 0. The Morgan fingerprint density at radius 3 is 1.41 bits per heavy atom. The van der Waals surface area contributed by atoms with E-state index in [-0.39, 0.29) is 5.41 Å². The zero-order chi connectivity index (χ0) is 39.3. The van der Waals surface area contributed by atoms with Crippen molar-refractivity contribution in [2.75, 3.05) is 4.90 Å². The van der Waals surface area contributed by atoms with E-state index in [0.717, 1.165) is 17.1 Å². The van der Waals surface area contributed by atoms with E-state index in [4.69, 9.17) is 0 Å². The van der Waals surface area contributed by atoms with Crippen molar-refractivity contribution in [3.63, 3.8) is 0 Å². The number of para-hydroxylation sites is 1. The van der Waals surface area contributed by atoms with Crippen molar-refractivity contribution in [3.05, 3.63) is 246 Å². The first-order valence-electron chi connectivity index (χ1n) is 20.8. The molecular formula is C58H41N. The normalized spacial score (nSPS) is 14.2. The number of benzene rings is 9. The van der Waals surface area contributed by atoms with E-state index in [9.17, 15) is 0 Å². The largest absolute Gasteiger partial charge is 0.310 e. The van der Waals surface area contributed by atoms with Crippen molar-refractivity contribution in [1.29, 1.82) is 0 Å². The van der Waals surface area contributed by atoms with E-state index in [2.05, 4.69) is 231 Å². The molecule has 59 heavy (non-hydrogen) atoms. The molecule has 0 N–H and O–H groups in total. The Labute approximate surface area is 346 Å². The van der Waals surface area contributed by atoms with Crippen LogP contribution in [0.5, 0.6) is 0 Å². The third-order valence-corrected chi connectivity index (χ3v) is 13.5. The maximum atomic E-state index is 2.50. The van der Waals surface area contributed by atoms with Crippen LogP contribution in [0, 0.1) is 0 Å². The average molecular weight is 752 g/mol. The molecule has 12 rings (SSSR count). The Hall–Kier alpha value is -7.22. The topological polar surface area (TPSA) is 3.24 Å². The Bertz CT molecular complexity index is 3070. The second kappa shape index (κ2) is 12.6. The van der Waals surface area contributed by atoms with Gasteiger partial charge in [0.2, 0.25) is 0 Å². The molecule has 0 bridgehead atoms. The molecule has 1 nitrogen and oxygen atoms in total. The molecule has 0 radical (unpaired) electrons. The Kier molecular flexibility index (Phi) is 7.26. The fourth-order valence-corrected chi connectivity index (χ4v) is 11.0. The molecule has 0 saturated heterocycles. The van der Waals surface area contributed by atoms with Crippen molar-refractivity contribution in [3.8, 4) is 55.6 Å². The second-order valence-electron chi connectivity index (χ2n) is 16.8. The Balaban J connectivity index is 1.14. The van der Waals surface area contributed by atoms with E-state index < -0.39 is 5.41 Å². The minimum absolute atomic E-state index is 0.125. The van der Waals surface area contributed by atoms with Gasteiger partial charge in [0.05, 0.1) is 11.1 Å². The first-order valence-corrected chi connectivity index (χ1v) is 20.8. The maximum Gasteiger partial charge on any atom is 0.0726 e. The summed E-state index contributed by atoms with van der Waals surface area (Å²) in [6.45, 7) is 4.75. The molecule has 0 unspecified atom stereocenters. The van der Waals surface area contributed by atoms with Crippen molar-refractivity contribution in [2.24, 2.45) is 0 Å². The highest BCUT2D eigenvalue weighted by molar-refractivity contribution is 6.00. The molecule has 9 aromatic rings. The van der Waals surface area contributed by atoms with Crippen molar-refractivity contribution >= 4 is 17.1 Å². The first-order chi connectivity index (χ1) is 29.0. The number of anilines is 3. The molecule has 1 heteroatoms. The van der Waals surface area contributed by atoms with E-state index in [1.807, 2.05) is 0 Å². The quantitative estimate of drug-likeness (QED) is 0.169. The van der Waals surface area contributed by atoms with Crippen LogP contribution in [0.2, 0.25) is 0 Å². The predicted octanol–water partition coefficient (Wildman–Crippen LogP) is 15.1. The van der Waals surface area contributed by atoms with Gasteiger partial charge in [-0.2, -0.15) is 0 Å². The monoisotopic (exact) mass is 751 g/mol. The zero-order valence-electron chi connectivity index (χ0n) is 33.2. The summed E-state index contributed by atoms with van der Waals surface area (Å²) in [6, 6.07) is 79.2.